The molecule has 1 aliphatic carbocycles. The van der Waals surface area contributed by atoms with Crippen molar-refractivity contribution in [2.75, 3.05) is 14.2 Å². The van der Waals surface area contributed by atoms with Gasteiger partial charge in [0.2, 0.25) is 0 Å². The van der Waals surface area contributed by atoms with Crippen molar-refractivity contribution in [2.45, 2.75) is 37.6 Å². The summed E-state index contributed by atoms with van der Waals surface area (Å²) in [6, 6.07) is 0. The molecule has 0 aliphatic heterocycles. The molecule has 2 nitrogen and oxygen atoms in total. The number of hydrogen-bond donors (Lipinski definition) is 0. The molecule has 0 radical (unpaired) electrons. The van der Waals surface area contributed by atoms with Gasteiger partial charge in [0.05, 0.1) is 0 Å². The molecule has 0 aromatic heterocycles. The van der Waals surface area contributed by atoms with Gasteiger partial charge in [-0.25, -0.2) is 0 Å². The number of hydrogen-bond acceptors (Lipinski definition) is 2. The van der Waals surface area contributed by atoms with Crippen LogP contribution in [-0.2, 0) is 8.85 Å². The van der Waals surface area contributed by atoms with Gasteiger partial charge < -0.3 is 8.85 Å². The zero-order valence-electron chi connectivity index (χ0n) is 7.51. The Morgan fingerprint density at radius 2 is 1.55 bits per heavy atom. The van der Waals surface area contributed by atoms with Crippen molar-refractivity contribution in [1.82, 2.24) is 0 Å². The number of rotatable bonds is 3. The largest absolute Gasteiger partial charge is 0.400 e. The second-order valence-electron chi connectivity index (χ2n) is 3.24. The van der Waals surface area contributed by atoms with E-state index in [2.05, 4.69) is 0 Å². The van der Waals surface area contributed by atoms with E-state index in [-0.39, 0.29) is 0 Å². The lowest BCUT2D eigenvalue weighted by Crippen LogP contribution is -2.27. The summed E-state index contributed by atoms with van der Waals surface area (Å²) in [5.74, 6) is 0. The molecule has 0 amide bonds. The van der Waals surface area contributed by atoms with Crippen LogP contribution in [0.1, 0.15) is 32.1 Å². The molecule has 0 bridgehead atoms. The quantitative estimate of drug-likeness (QED) is 0.608. The van der Waals surface area contributed by atoms with E-state index in [1.165, 1.54) is 32.1 Å². The van der Waals surface area contributed by atoms with E-state index in [9.17, 15) is 0 Å². The van der Waals surface area contributed by atoms with Crippen molar-refractivity contribution in [3.63, 3.8) is 0 Å². The van der Waals surface area contributed by atoms with E-state index >= 15 is 0 Å². The van der Waals surface area contributed by atoms with Gasteiger partial charge in [0, 0.05) is 14.2 Å². The molecule has 0 aromatic rings. The van der Waals surface area contributed by atoms with Crippen LogP contribution >= 0.6 is 0 Å². The van der Waals surface area contributed by atoms with Crippen molar-refractivity contribution in [2.24, 2.45) is 0 Å². The van der Waals surface area contributed by atoms with Gasteiger partial charge in [0.15, 0.2) is 0 Å². The Morgan fingerprint density at radius 3 is 2.00 bits per heavy atom. The van der Waals surface area contributed by atoms with Gasteiger partial charge in [-0.2, -0.15) is 0 Å². The zero-order valence-corrected chi connectivity index (χ0v) is 8.66. The maximum absolute atomic E-state index is 5.36. The SMILES string of the molecule is CO[SiH](OC)C1CCCCC1. The minimum atomic E-state index is -1.27. The van der Waals surface area contributed by atoms with Crippen molar-refractivity contribution >= 4 is 9.28 Å². The van der Waals surface area contributed by atoms with Crippen LogP contribution in [0.15, 0.2) is 0 Å². The van der Waals surface area contributed by atoms with E-state index in [1.807, 2.05) is 0 Å². The molecule has 1 aliphatic rings. The van der Waals surface area contributed by atoms with Crippen LogP contribution in [0, 0.1) is 0 Å². The summed E-state index contributed by atoms with van der Waals surface area (Å²) in [5.41, 5.74) is 0.777. The Kier molecular flexibility index (Phi) is 4.11. The van der Waals surface area contributed by atoms with Gasteiger partial charge in [0.25, 0.3) is 0 Å². The lowest BCUT2D eigenvalue weighted by atomic mass is 10.0. The zero-order chi connectivity index (χ0) is 8.10. The normalized spacial score (nSPS) is 21.0. The summed E-state index contributed by atoms with van der Waals surface area (Å²) in [7, 11) is 2.30. The maximum atomic E-state index is 5.36. The summed E-state index contributed by atoms with van der Waals surface area (Å²) >= 11 is 0. The molecule has 0 atom stereocenters. The third kappa shape index (κ3) is 2.58. The topological polar surface area (TPSA) is 18.5 Å². The fourth-order valence-electron chi connectivity index (χ4n) is 1.89. The van der Waals surface area contributed by atoms with Crippen LogP contribution in [0.4, 0.5) is 0 Å². The van der Waals surface area contributed by atoms with Crippen LogP contribution in [-0.4, -0.2) is 23.5 Å². The fraction of sp³-hybridized carbons (Fsp3) is 1.00. The van der Waals surface area contributed by atoms with Gasteiger partial charge in [-0.3, -0.25) is 0 Å². The van der Waals surface area contributed by atoms with Crippen molar-refractivity contribution in [3.8, 4) is 0 Å². The first-order valence-corrected chi connectivity index (χ1v) is 6.05. The van der Waals surface area contributed by atoms with Gasteiger partial charge in [0.1, 0.15) is 0 Å². The molecule has 3 heteroatoms. The first-order valence-electron chi connectivity index (χ1n) is 4.44. The van der Waals surface area contributed by atoms with Crippen LogP contribution in [0.5, 0.6) is 0 Å². The summed E-state index contributed by atoms with van der Waals surface area (Å²) in [6.07, 6.45) is 6.82. The van der Waals surface area contributed by atoms with Crippen molar-refractivity contribution < 1.29 is 8.85 Å². The fourth-order valence-corrected chi connectivity index (χ4v) is 3.87. The van der Waals surface area contributed by atoms with Crippen LogP contribution in [0.3, 0.4) is 0 Å². The van der Waals surface area contributed by atoms with Gasteiger partial charge >= 0.3 is 9.28 Å². The minimum Gasteiger partial charge on any atom is -0.400 e. The summed E-state index contributed by atoms with van der Waals surface area (Å²) < 4.78 is 10.7. The molecular weight excluding hydrogens is 156 g/mol. The molecule has 0 aromatic carbocycles. The maximum Gasteiger partial charge on any atom is 0.324 e. The van der Waals surface area contributed by atoms with E-state index in [1.54, 1.807) is 14.2 Å². The molecule has 0 N–H and O–H groups in total. The van der Waals surface area contributed by atoms with Gasteiger partial charge in [-0.1, -0.05) is 19.3 Å². The van der Waals surface area contributed by atoms with Gasteiger partial charge in [-0.15, -0.1) is 0 Å². The molecule has 1 rings (SSSR count). The first-order chi connectivity index (χ1) is 5.38. The Bertz CT molecular complexity index is 98.3. The molecule has 0 heterocycles. The lowest BCUT2D eigenvalue weighted by Gasteiger charge is -2.25. The molecule has 0 saturated heterocycles. The second kappa shape index (κ2) is 4.90. The molecule has 66 valence electrons. The van der Waals surface area contributed by atoms with Crippen molar-refractivity contribution in [3.05, 3.63) is 0 Å². The average molecular weight is 174 g/mol. The Hall–Kier alpha value is 0.137. The summed E-state index contributed by atoms with van der Waals surface area (Å²) in [5, 5.41) is 0. The highest BCUT2D eigenvalue weighted by atomic mass is 28.3. The summed E-state index contributed by atoms with van der Waals surface area (Å²) in [6.45, 7) is 0. The lowest BCUT2D eigenvalue weighted by molar-refractivity contribution is 0.252. The van der Waals surface area contributed by atoms with Crippen LogP contribution < -0.4 is 0 Å². The monoisotopic (exact) mass is 174 g/mol. The second-order valence-corrected chi connectivity index (χ2v) is 5.86. The average Bonchev–Trinajstić information content (AvgIpc) is 2.09. The minimum absolute atomic E-state index is 0.777. The highest BCUT2D eigenvalue weighted by molar-refractivity contribution is 6.46. The molecule has 0 spiro atoms. The summed E-state index contributed by atoms with van der Waals surface area (Å²) in [4.78, 5) is 0. The highest BCUT2D eigenvalue weighted by Crippen LogP contribution is 2.31. The standard InChI is InChI=1S/C8H18O2Si/c1-9-11(10-2)8-6-4-3-5-7-8/h8,11H,3-7H2,1-2H3. The molecule has 1 saturated carbocycles. The Balaban J connectivity index is 2.30. The smallest absolute Gasteiger partial charge is 0.324 e. The van der Waals surface area contributed by atoms with E-state index in [0.717, 1.165) is 5.54 Å². The molecule has 11 heavy (non-hydrogen) atoms. The van der Waals surface area contributed by atoms with Crippen LogP contribution in [0.2, 0.25) is 5.54 Å². The predicted octanol–water partition coefficient (Wildman–Crippen LogP) is 1.83. The highest BCUT2D eigenvalue weighted by Gasteiger charge is 2.25. The van der Waals surface area contributed by atoms with E-state index in [4.69, 9.17) is 8.85 Å². The molecule has 0 unspecified atom stereocenters. The van der Waals surface area contributed by atoms with Crippen LogP contribution in [0.25, 0.3) is 0 Å². The predicted molar refractivity (Wildman–Crippen MR) is 48.0 cm³/mol. The van der Waals surface area contributed by atoms with Gasteiger partial charge in [-0.05, 0) is 18.4 Å². The Morgan fingerprint density at radius 1 is 1.00 bits per heavy atom. The van der Waals surface area contributed by atoms with E-state index < -0.39 is 9.28 Å². The first kappa shape index (κ1) is 9.23. The van der Waals surface area contributed by atoms with E-state index in [0.29, 0.717) is 0 Å². The molecular formula is C8H18O2Si. The van der Waals surface area contributed by atoms with Crippen molar-refractivity contribution in [1.29, 1.82) is 0 Å². The Labute approximate surface area is 70.7 Å². The third-order valence-corrected chi connectivity index (χ3v) is 4.87. The third-order valence-electron chi connectivity index (χ3n) is 2.50. The molecule has 1 fully saturated rings.